The van der Waals surface area contributed by atoms with E-state index in [1.165, 1.54) is 6.07 Å². The number of para-hydroxylation sites is 1. The molecule has 1 aromatic heterocycles. The van der Waals surface area contributed by atoms with Crippen LogP contribution in [-0.2, 0) is 11.3 Å². The zero-order valence-corrected chi connectivity index (χ0v) is 18.3. The summed E-state index contributed by atoms with van der Waals surface area (Å²) < 4.78 is 21.4. The molecular formula is C27H22FN3O2. The Balaban J connectivity index is 1.72. The molecule has 4 rings (SSSR count). The molecule has 0 atom stereocenters. The highest BCUT2D eigenvalue weighted by Crippen LogP contribution is 2.29. The van der Waals surface area contributed by atoms with E-state index < -0.39 is 5.91 Å². The average Bonchev–Trinajstić information content (AvgIpc) is 3.10. The number of nitrogens with zero attached hydrogens (tertiary/aromatic N) is 2. The van der Waals surface area contributed by atoms with Crippen molar-refractivity contribution in [1.82, 2.24) is 4.57 Å². The van der Waals surface area contributed by atoms with Crippen molar-refractivity contribution in [2.45, 2.75) is 13.5 Å². The number of carbonyl (C=O) groups is 1. The lowest BCUT2D eigenvalue weighted by atomic mass is 10.1. The third-order valence-electron chi connectivity index (χ3n) is 5.57. The fourth-order valence-corrected chi connectivity index (χ4v) is 3.81. The second-order valence-electron chi connectivity index (χ2n) is 7.55. The number of benzene rings is 3. The highest BCUT2D eigenvalue weighted by Gasteiger charge is 2.17. The molecule has 33 heavy (non-hydrogen) atoms. The van der Waals surface area contributed by atoms with Gasteiger partial charge in [-0.1, -0.05) is 36.4 Å². The summed E-state index contributed by atoms with van der Waals surface area (Å²) >= 11 is 0. The van der Waals surface area contributed by atoms with Gasteiger partial charge in [0.25, 0.3) is 5.91 Å². The molecule has 0 bridgehead atoms. The van der Waals surface area contributed by atoms with Gasteiger partial charge in [-0.05, 0) is 49.4 Å². The van der Waals surface area contributed by atoms with Gasteiger partial charge in [-0.25, -0.2) is 4.39 Å². The largest absolute Gasteiger partial charge is 0.497 e. The van der Waals surface area contributed by atoms with Gasteiger partial charge in [-0.2, -0.15) is 5.26 Å². The molecule has 0 aliphatic carbocycles. The zero-order valence-electron chi connectivity index (χ0n) is 18.3. The average molecular weight is 439 g/mol. The number of methoxy groups -OCH3 is 1. The summed E-state index contributed by atoms with van der Waals surface area (Å²) in [6, 6.07) is 23.2. The third kappa shape index (κ3) is 4.48. The van der Waals surface area contributed by atoms with Crippen LogP contribution in [0, 0.1) is 24.1 Å². The Morgan fingerprint density at radius 1 is 1.09 bits per heavy atom. The van der Waals surface area contributed by atoms with Crippen LogP contribution in [-0.4, -0.2) is 17.6 Å². The third-order valence-corrected chi connectivity index (χ3v) is 5.57. The van der Waals surface area contributed by atoms with E-state index in [2.05, 4.69) is 5.32 Å². The Bertz CT molecular complexity index is 1400. The maximum Gasteiger partial charge on any atom is 0.266 e. The van der Waals surface area contributed by atoms with Crippen LogP contribution in [0.15, 0.2) is 78.4 Å². The number of rotatable bonds is 6. The minimum Gasteiger partial charge on any atom is -0.497 e. The minimum absolute atomic E-state index is 0.0253. The van der Waals surface area contributed by atoms with Crippen molar-refractivity contribution in [3.05, 3.63) is 101 Å². The second-order valence-corrected chi connectivity index (χ2v) is 7.55. The molecule has 164 valence electrons. The summed E-state index contributed by atoms with van der Waals surface area (Å²) in [5, 5.41) is 13.3. The van der Waals surface area contributed by atoms with E-state index >= 15 is 0 Å². The van der Waals surface area contributed by atoms with Crippen LogP contribution in [0.4, 0.5) is 10.1 Å². The number of ether oxygens (including phenoxy) is 1. The van der Waals surface area contributed by atoms with E-state index in [-0.39, 0.29) is 11.4 Å². The Morgan fingerprint density at radius 3 is 2.48 bits per heavy atom. The predicted molar refractivity (Wildman–Crippen MR) is 127 cm³/mol. The lowest BCUT2D eigenvalue weighted by Gasteiger charge is -2.09. The molecule has 0 saturated heterocycles. The van der Waals surface area contributed by atoms with Gasteiger partial charge in [0.2, 0.25) is 0 Å². The smallest absolute Gasteiger partial charge is 0.266 e. The number of hydrogen-bond donors (Lipinski definition) is 1. The molecule has 0 radical (unpaired) electrons. The standard InChI is InChI=1S/C27H22FN3O2/c1-18-24(15-20(16-29)27(32)30-21-11-13-22(33-2)14-12-21)23-8-4-6-10-26(23)31(18)17-19-7-3-5-9-25(19)28/h3-15H,17H2,1-2H3,(H,30,32). The second kappa shape index (κ2) is 9.41. The van der Waals surface area contributed by atoms with Crippen molar-refractivity contribution in [2.75, 3.05) is 12.4 Å². The van der Waals surface area contributed by atoms with E-state index in [9.17, 15) is 14.4 Å². The summed E-state index contributed by atoms with van der Waals surface area (Å²) in [6.07, 6.45) is 1.59. The van der Waals surface area contributed by atoms with Crippen molar-refractivity contribution in [3.8, 4) is 11.8 Å². The minimum atomic E-state index is -0.506. The number of fused-ring (bicyclic) bond motifs is 1. The molecule has 4 aromatic rings. The van der Waals surface area contributed by atoms with Gasteiger partial charge in [0, 0.05) is 33.4 Å². The van der Waals surface area contributed by atoms with E-state index in [0.29, 0.717) is 23.5 Å². The molecule has 0 fully saturated rings. The molecular weight excluding hydrogens is 417 g/mol. The molecule has 0 spiro atoms. The Kier molecular flexibility index (Phi) is 6.23. The number of hydrogen-bond acceptors (Lipinski definition) is 3. The van der Waals surface area contributed by atoms with E-state index in [0.717, 1.165) is 22.2 Å². The van der Waals surface area contributed by atoms with Crippen LogP contribution in [0.1, 0.15) is 16.8 Å². The van der Waals surface area contributed by atoms with Crippen LogP contribution >= 0.6 is 0 Å². The number of aromatic nitrogens is 1. The first kappa shape index (κ1) is 21.8. The van der Waals surface area contributed by atoms with E-state index in [1.807, 2.05) is 41.8 Å². The molecule has 1 amide bonds. The number of anilines is 1. The van der Waals surface area contributed by atoms with Crippen LogP contribution in [0.2, 0.25) is 0 Å². The van der Waals surface area contributed by atoms with Gasteiger partial charge in [-0.15, -0.1) is 0 Å². The first-order valence-electron chi connectivity index (χ1n) is 10.4. The zero-order chi connectivity index (χ0) is 23.4. The molecule has 0 aliphatic heterocycles. The molecule has 0 unspecified atom stereocenters. The number of halogens is 1. The highest BCUT2D eigenvalue weighted by atomic mass is 19.1. The van der Waals surface area contributed by atoms with Crippen molar-refractivity contribution in [1.29, 1.82) is 5.26 Å². The van der Waals surface area contributed by atoms with Gasteiger partial charge in [0.15, 0.2) is 0 Å². The maximum atomic E-state index is 14.3. The van der Waals surface area contributed by atoms with Crippen molar-refractivity contribution < 1.29 is 13.9 Å². The first-order valence-corrected chi connectivity index (χ1v) is 10.4. The number of amides is 1. The number of nitrogens with one attached hydrogen (secondary N) is 1. The monoisotopic (exact) mass is 439 g/mol. The van der Waals surface area contributed by atoms with Crippen LogP contribution < -0.4 is 10.1 Å². The van der Waals surface area contributed by atoms with Gasteiger partial charge in [0.1, 0.15) is 23.2 Å². The summed E-state index contributed by atoms with van der Waals surface area (Å²) in [4.78, 5) is 12.8. The SMILES string of the molecule is COc1ccc(NC(=O)C(C#N)=Cc2c(C)n(Cc3ccccc3F)c3ccccc23)cc1. The summed E-state index contributed by atoms with van der Waals surface area (Å²) in [7, 11) is 1.56. The number of carbonyl (C=O) groups excluding carboxylic acids is 1. The first-order chi connectivity index (χ1) is 16.0. The van der Waals surface area contributed by atoms with Gasteiger partial charge in [-0.3, -0.25) is 4.79 Å². The van der Waals surface area contributed by atoms with Gasteiger partial charge >= 0.3 is 0 Å². The summed E-state index contributed by atoms with van der Waals surface area (Å²) in [5.41, 5.74) is 3.59. The molecule has 0 saturated carbocycles. The molecule has 3 aromatic carbocycles. The fraction of sp³-hybridized carbons (Fsp3) is 0.111. The Labute approximate surface area is 191 Å². The predicted octanol–water partition coefficient (Wildman–Crippen LogP) is 5.69. The van der Waals surface area contributed by atoms with Crippen LogP contribution in [0.25, 0.3) is 17.0 Å². The molecule has 1 heterocycles. The Hall–Kier alpha value is -4.37. The van der Waals surface area contributed by atoms with E-state index in [1.54, 1.807) is 55.7 Å². The van der Waals surface area contributed by atoms with Crippen molar-refractivity contribution in [3.63, 3.8) is 0 Å². The lowest BCUT2D eigenvalue weighted by molar-refractivity contribution is -0.112. The molecule has 0 aliphatic rings. The normalized spacial score (nSPS) is 11.3. The summed E-state index contributed by atoms with van der Waals surface area (Å²) in [5.74, 6) is -0.112. The molecule has 5 nitrogen and oxygen atoms in total. The van der Waals surface area contributed by atoms with Gasteiger partial charge < -0.3 is 14.6 Å². The summed E-state index contributed by atoms with van der Waals surface area (Å²) in [6.45, 7) is 2.25. The maximum absolute atomic E-state index is 14.3. The fourth-order valence-electron chi connectivity index (χ4n) is 3.81. The lowest BCUT2D eigenvalue weighted by Crippen LogP contribution is -2.13. The van der Waals surface area contributed by atoms with E-state index in [4.69, 9.17) is 4.74 Å². The van der Waals surface area contributed by atoms with Gasteiger partial charge in [0.05, 0.1) is 13.7 Å². The quantitative estimate of drug-likeness (QED) is 0.310. The molecule has 1 N–H and O–H groups in total. The van der Waals surface area contributed by atoms with Crippen LogP contribution in [0.3, 0.4) is 0 Å². The highest BCUT2D eigenvalue weighted by molar-refractivity contribution is 6.11. The molecule has 6 heteroatoms. The van der Waals surface area contributed by atoms with Crippen molar-refractivity contribution >= 4 is 28.6 Å². The van der Waals surface area contributed by atoms with Crippen molar-refractivity contribution in [2.24, 2.45) is 0 Å². The number of nitriles is 1. The Morgan fingerprint density at radius 2 is 1.79 bits per heavy atom. The topological polar surface area (TPSA) is 67.0 Å². The van der Waals surface area contributed by atoms with Crippen LogP contribution in [0.5, 0.6) is 5.75 Å².